The first-order chi connectivity index (χ1) is 9.99. The molecule has 0 amide bonds. The highest BCUT2D eigenvalue weighted by Gasteiger charge is 2.18. The number of rotatable bonds is 9. The van der Waals surface area contributed by atoms with Gasteiger partial charge in [-0.1, -0.05) is 33.1 Å². The average molecular weight is 294 g/mol. The van der Waals surface area contributed by atoms with E-state index in [0.29, 0.717) is 5.69 Å². The zero-order valence-corrected chi connectivity index (χ0v) is 12.5. The maximum atomic E-state index is 11.3. The molecular weight excluding hydrogens is 272 g/mol. The maximum Gasteiger partial charge on any atom is 0.338 e. The largest absolute Gasteiger partial charge is 0.478 e. The van der Waals surface area contributed by atoms with Crippen molar-refractivity contribution in [3.63, 3.8) is 0 Å². The van der Waals surface area contributed by atoms with E-state index in [4.69, 9.17) is 0 Å². The van der Waals surface area contributed by atoms with E-state index in [2.05, 4.69) is 19.2 Å². The van der Waals surface area contributed by atoms with Gasteiger partial charge in [0, 0.05) is 23.9 Å². The smallest absolute Gasteiger partial charge is 0.338 e. The standard InChI is InChI=1S/C15H22N2O4/c1-3-5-7-11(6-4-2)16-14-9-8-12(17(20)21)10-13(14)15(18)19/h8-11,16H,3-7H2,1-2H3,(H,18,19). The van der Waals surface area contributed by atoms with Gasteiger partial charge in [0.1, 0.15) is 0 Å². The van der Waals surface area contributed by atoms with Crippen LogP contribution >= 0.6 is 0 Å². The van der Waals surface area contributed by atoms with E-state index in [1.54, 1.807) is 0 Å². The third-order valence-corrected chi connectivity index (χ3v) is 3.35. The Hall–Kier alpha value is -2.11. The molecule has 1 aromatic carbocycles. The predicted molar refractivity (Wildman–Crippen MR) is 81.9 cm³/mol. The fraction of sp³-hybridized carbons (Fsp3) is 0.533. The van der Waals surface area contributed by atoms with Crippen LogP contribution in [0.5, 0.6) is 0 Å². The number of non-ortho nitro benzene ring substituents is 1. The average Bonchev–Trinajstić information content (AvgIpc) is 2.44. The van der Waals surface area contributed by atoms with Crippen molar-refractivity contribution in [3.05, 3.63) is 33.9 Å². The van der Waals surface area contributed by atoms with E-state index in [1.807, 2.05) is 0 Å². The second-order valence-electron chi connectivity index (χ2n) is 5.06. The van der Waals surface area contributed by atoms with E-state index in [0.717, 1.165) is 38.2 Å². The number of carbonyl (C=O) groups is 1. The van der Waals surface area contributed by atoms with Gasteiger partial charge < -0.3 is 10.4 Å². The number of hydrogen-bond acceptors (Lipinski definition) is 4. The second kappa shape index (κ2) is 8.24. The highest BCUT2D eigenvalue weighted by atomic mass is 16.6. The molecule has 0 spiro atoms. The second-order valence-corrected chi connectivity index (χ2v) is 5.06. The van der Waals surface area contributed by atoms with Crippen molar-refractivity contribution < 1.29 is 14.8 Å². The van der Waals surface area contributed by atoms with Gasteiger partial charge in [-0.05, 0) is 18.9 Å². The van der Waals surface area contributed by atoms with Crippen LogP contribution in [0.15, 0.2) is 18.2 Å². The molecule has 0 bridgehead atoms. The summed E-state index contributed by atoms with van der Waals surface area (Å²) in [4.78, 5) is 21.4. The van der Waals surface area contributed by atoms with Crippen LogP contribution in [-0.2, 0) is 0 Å². The molecule has 0 aliphatic heterocycles. The lowest BCUT2D eigenvalue weighted by atomic mass is 10.0. The minimum absolute atomic E-state index is 0.0539. The molecule has 1 unspecified atom stereocenters. The van der Waals surface area contributed by atoms with Gasteiger partial charge in [0.05, 0.1) is 10.5 Å². The molecule has 6 heteroatoms. The van der Waals surface area contributed by atoms with E-state index in [-0.39, 0.29) is 17.3 Å². The number of nitro groups is 1. The van der Waals surface area contributed by atoms with Crippen molar-refractivity contribution in [1.82, 2.24) is 0 Å². The molecule has 0 heterocycles. The van der Waals surface area contributed by atoms with Crippen LogP contribution in [0.1, 0.15) is 56.3 Å². The summed E-state index contributed by atoms with van der Waals surface area (Å²) in [6.45, 7) is 4.19. The normalized spacial score (nSPS) is 11.9. The molecule has 21 heavy (non-hydrogen) atoms. The van der Waals surface area contributed by atoms with Crippen LogP contribution < -0.4 is 5.32 Å². The summed E-state index contributed by atoms with van der Waals surface area (Å²) in [7, 11) is 0. The van der Waals surface area contributed by atoms with Gasteiger partial charge >= 0.3 is 5.97 Å². The van der Waals surface area contributed by atoms with Crippen LogP contribution in [0.3, 0.4) is 0 Å². The molecule has 116 valence electrons. The van der Waals surface area contributed by atoms with Crippen LogP contribution in [0, 0.1) is 10.1 Å². The Morgan fingerprint density at radius 2 is 2.05 bits per heavy atom. The van der Waals surface area contributed by atoms with Gasteiger partial charge in [-0.15, -0.1) is 0 Å². The molecule has 0 aliphatic carbocycles. The van der Waals surface area contributed by atoms with Gasteiger partial charge in [0.25, 0.3) is 5.69 Å². The number of benzene rings is 1. The summed E-state index contributed by atoms with van der Waals surface area (Å²) in [5, 5.41) is 23.2. The highest BCUT2D eigenvalue weighted by Crippen LogP contribution is 2.24. The van der Waals surface area contributed by atoms with Gasteiger partial charge in [-0.2, -0.15) is 0 Å². The summed E-state index contributed by atoms with van der Waals surface area (Å²) >= 11 is 0. The summed E-state index contributed by atoms with van der Waals surface area (Å²) in [5.41, 5.74) is 0.183. The lowest BCUT2D eigenvalue weighted by molar-refractivity contribution is -0.384. The number of nitrogens with zero attached hydrogens (tertiary/aromatic N) is 1. The number of nitro benzene ring substituents is 1. The van der Waals surface area contributed by atoms with Crippen molar-refractivity contribution in [2.75, 3.05) is 5.32 Å². The van der Waals surface area contributed by atoms with E-state index in [1.165, 1.54) is 12.1 Å². The van der Waals surface area contributed by atoms with Crippen LogP contribution in [0.25, 0.3) is 0 Å². The number of nitrogens with one attached hydrogen (secondary N) is 1. The monoisotopic (exact) mass is 294 g/mol. The first-order valence-corrected chi connectivity index (χ1v) is 7.27. The molecule has 0 radical (unpaired) electrons. The maximum absolute atomic E-state index is 11.3. The molecule has 6 nitrogen and oxygen atoms in total. The lowest BCUT2D eigenvalue weighted by Crippen LogP contribution is -2.21. The Labute approximate surface area is 124 Å². The Morgan fingerprint density at radius 3 is 2.57 bits per heavy atom. The van der Waals surface area contributed by atoms with Crippen molar-refractivity contribution in [2.45, 2.75) is 52.0 Å². The van der Waals surface area contributed by atoms with E-state index in [9.17, 15) is 20.0 Å². The lowest BCUT2D eigenvalue weighted by Gasteiger charge is -2.20. The quantitative estimate of drug-likeness (QED) is 0.529. The van der Waals surface area contributed by atoms with Crippen molar-refractivity contribution >= 4 is 17.3 Å². The fourth-order valence-corrected chi connectivity index (χ4v) is 2.26. The van der Waals surface area contributed by atoms with Crippen LogP contribution in [0.2, 0.25) is 0 Å². The molecular formula is C15H22N2O4. The highest BCUT2D eigenvalue weighted by molar-refractivity contribution is 5.95. The SMILES string of the molecule is CCCCC(CCC)Nc1ccc([N+](=O)[O-])cc1C(=O)O. The van der Waals surface area contributed by atoms with Gasteiger partial charge in [0.15, 0.2) is 0 Å². The molecule has 1 rings (SSSR count). The van der Waals surface area contributed by atoms with E-state index < -0.39 is 10.9 Å². The molecule has 1 aromatic rings. The summed E-state index contributed by atoms with van der Waals surface area (Å²) in [6.07, 6.45) is 5.04. The van der Waals surface area contributed by atoms with Crippen LogP contribution in [-0.4, -0.2) is 22.0 Å². The summed E-state index contributed by atoms with van der Waals surface area (Å²) in [5.74, 6) is -1.16. The van der Waals surface area contributed by atoms with E-state index >= 15 is 0 Å². The molecule has 0 fully saturated rings. The topological polar surface area (TPSA) is 92.5 Å². The van der Waals surface area contributed by atoms with Gasteiger partial charge in [0.2, 0.25) is 0 Å². The first kappa shape index (κ1) is 16.9. The molecule has 0 saturated heterocycles. The Morgan fingerprint density at radius 1 is 1.33 bits per heavy atom. The number of hydrogen-bond donors (Lipinski definition) is 2. The fourth-order valence-electron chi connectivity index (χ4n) is 2.26. The number of unbranched alkanes of at least 4 members (excludes halogenated alkanes) is 1. The van der Waals surface area contributed by atoms with Crippen molar-refractivity contribution in [3.8, 4) is 0 Å². The minimum Gasteiger partial charge on any atom is -0.478 e. The van der Waals surface area contributed by atoms with Crippen molar-refractivity contribution in [1.29, 1.82) is 0 Å². The number of anilines is 1. The molecule has 0 aromatic heterocycles. The molecule has 2 N–H and O–H groups in total. The third kappa shape index (κ3) is 5.06. The van der Waals surface area contributed by atoms with Gasteiger partial charge in [-0.3, -0.25) is 10.1 Å². The summed E-state index contributed by atoms with van der Waals surface area (Å²) < 4.78 is 0. The number of carboxylic acids is 1. The number of aromatic carboxylic acids is 1. The minimum atomic E-state index is -1.16. The zero-order chi connectivity index (χ0) is 15.8. The predicted octanol–water partition coefficient (Wildman–Crippen LogP) is 4.06. The third-order valence-electron chi connectivity index (χ3n) is 3.35. The Kier molecular flexibility index (Phi) is 6.65. The van der Waals surface area contributed by atoms with Gasteiger partial charge in [-0.25, -0.2) is 4.79 Å². The van der Waals surface area contributed by atoms with Crippen LogP contribution in [0.4, 0.5) is 11.4 Å². The molecule has 0 saturated carbocycles. The first-order valence-electron chi connectivity index (χ1n) is 7.27. The Balaban J connectivity index is 2.99. The summed E-state index contributed by atoms with van der Waals surface area (Å²) in [6, 6.07) is 4.11. The Bertz CT molecular complexity index is 502. The number of carboxylic acid groups (broad SMARTS) is 1. The molecule has 0 aliphatic rings. The molecule has 1 atom stereocenters. The van der Waals surface area contributed by atoms with Crippen molar-refractivity contribution in [2.24, 2.45) is 0 Å². The zero-order valence-electron chi connectivity index (χ0n) is 12.5.